The molecule has 8 heteroatoms. The lowest BCUT2D eigenvalue weighted by atomic mass is 9.92. The zero-order chi connectivity index (χ0) is 24.9. The fraction of sp³-hybridized carbons (Fsp3) is 0.370. The van der Waals surface area contributed by atoms with Crippen LogP contribution >= 0.6 is 0 Å². The van der Waals surface area contributed by atoms with Crippen LogP contribution in [0.15, 0.2) is 42.6 Å². The Morgan fingerprint density at radius 1 is 1.14 bits per heavy atom. The number of nitrogens with two attached hydrogens (primary N) is 1. The van der Waals surface area contributed by atoms with E-state index in [1.165, 1.54) is 0 Å². The van der Waals surface area contributed by atoms with Crippen molar-refractivity contribution in [3.05, 3.63) is 65.1 Å². The number of benzene rings is 2. The largest absolute Gasteiger partial charge is 0.491 e. The number of rotatable bonds is 2. The number of anilines is 1. The second-order valence-electron chi connectivity index (χ2n) is 10.2. The van der Waals surface area contributed by atoms with Crippen LogP contribution in [0, 0.1) is 19.3 Å². The molecular weight excluding hydrogens is 442 g/mol. The number of likely N-dealkylation sites (N-methyl/N-ethyl adjacent to an activating group) is 1. The third-order valence-electron chi connectivity index (χ3n) is 6.60. The van der Waals surface area contributed by atoms with Crippen molar-refractivity contribution in [3.63, 3.8) is 0 Å². The number of aromatic nitrogens is 3. The number of carbonyl (C=O) groups excluding carboxylic acids is 1. The maximum Gasteiger partial charge on any atom is 0.254 e. The zero-order valence-corrected chi connectivity index (χ0v) is 20.8. The Labute approximate surface area is 204 Å². The Kier molecular flexibility index (Phi) is 5.63. The molecule has 1 unspecified atom stereocenters. The Morgan fingerprint density at radius 3 is 2.57 bits per heavy atom. The summed E-state index contributed by atoms with van der Waals surface area (Å²) in [6.07, 6.45) is 1.70. The SMILES string of the molecule is CC1(C)COC1.Cc1ccc2c(c1)OCC2N(C)C(=O)c1ccc2nc(N)c3cnc(C)n3c2c1. The first-order chi connectivity index (χ1) is 16.6. The minimum Gasteiger partial charge on any atom is -0.491 e. The summed E-state index contributed by atoms with van der Waals surface area (Å²) in [5.41, 5.74) is 11.6. The predicted octanol–water partition coefficient (Wildman–Crippen LogP) is 4.33. The van der Waals surface area contributed by atoms with Gasteiger partial charge in [-0.2, -0.15) is 0 Å². The quantitative estimate of drug-likeness (QED) is 0.466. The highest BCUT2D eigenvalue weighted by atomic mass is 16.5. The van der Waals surface area contributed by atoms with Crippen LogP contribution in [0.3, 0.4) is 0 Å². The van der Waals surface area contributed by atoms with E-state index in [9.17, 15) is 4.79 Å². The zero-order valence-electron chi connectivity index (χ0n) is 20.8. The molecule has 0 radical (unpaired) electrons. The molecule has 0 bridgehead atoms. The summed E-state index contributed by atoms with van der Waals surface area (Å²) in [5.74, 6) is 2.00. The van der Waals surface area contributed by atoms with Gasteiger partial charge in [-0.25, -0.2) is 9.97 Å². The van der Waals surface area contributed by atoms with E-state index in [4.69, 9.17) is 15.2 Å². The standard InChI is InChI=1S/C22H21N5O2.C5H10O/c1-12-4-6-15-19(11-29-20(15)8-12)26(3)22(28)14-5-7-16-17(9-14)27-13(2)24-10-18(27)21(23)25-16;1-5(2)3-6-4-5/h4-10,19H,11H2,1-3H3,(H2,23,25);3-4H2,1-2H3. The molecule has 2 N–H and O–H groups in total. The van der Waals surface area contributed by atoms with Crippen LogP contribution in [0.5, 0.6) is 5.75 Å². The summed E-state index contributed by atoms with van der Waals surface area (Å²) in [6.45, 7) is 10.7. The molecule has 182 valence electrons. The van der Waals surface area contributed by atoms with Gasteiger partial charge in [0, 0.05) is 23.6 Å². The van der Waals surface area contributed by atoms with E-state index in [0.717, 1.165) is 52.5 Å². The molecule has 2 aromatic carbocycles. The number of hydrogen-bond donors (Lipinski definition) is 1. The molecule has 2 aliphatic heterocycles. The van der Waals surface area contributed by atoms with Gasteiger partial charge in [0.25, 0.3) is 5.91 Å². The predicted molar refractivity (Wildman–Crippen MR) is 136 cm³/mol. The van der Waals surface area contributed by atoms with Crippen molar-refractivity contribution in [2.45, 2.75) is 33.7 Å². The molecule has 1 amide bonds. The molecule has 0 aliphatic carbocycles. The van der Waals surface area contributed by atoms with Crippen LogP contribution in [0.25, 0.3) is 16.6 Å². The highest BCUT2D eigenvalue weighted by Gasteiger charge is 2.31. The van der Waals surface area contributed by atoms with E-state index in [0.29, 0.717) is 23.4 Å². The summed E-state index contributed by atoms with van der Waals surface area (Å²) in [5, 5.41) is 0. The molecular formula is C27H31N5O3. The highest BCUT2D eigenvalue weighted by molar-refractivity contribution is 5.98. The third kappa shape index (κ3) is 4.18. The molecule has 0 saturated carbocycles. The van der Waals surface area contributed by atoms with Crippen molar-refractivity contribution in [3.8, 4) is 5.75 Å². The van der Waals surface area contributed by atoms with E-state index in [2.05, 4.69) is 23.8 Å². The van der Waals surface area contributed by atoms with E-state index in [1.807, 2.05) is 55.6 Å². The molecule has 35 heavy (non-hydrogen) atoms. The van der Waals surface area contributed by atoms with Crippen molar-refractivity contribution in [2.24, 2.45) is 5.41 Å². The third-order valence-corrected chi connectivity index (χ3v) is 6.60. The van der Waals surface area contributed by atoms with Crippen molar-refractivity contribution in [1.82, 2.24) is 19.3 Å². The Bertz CT molecular complexity index is 1440. The maximum absolute atomic E-state index is 13.3. The van der Waals surface area contributed by atoms with E-state index in [1.54, 1.807) is 17.2 Å². The number of nitrogen functional groups attached to an aromatic ring is 1. The topological polar surface area (TPSA) is 95.0 Å². The summed E-state index contributed by atoms with van der Waals surface area (Å²) >= 11 is 0. The number of imidazole rings is 1. The van der Waals surface area contributed by atoms with Gasteiger partial charge in [0.15, 0.2) is 0 Å². The number of amides is 1. The van der Waals surface area contributed by atoms with Crippen molar-refractivity contribution < 1.29 is 14.3 Å². The normalized spacial score (nSPS) is 17.8. The number of carbonyl (C=O) groups is 1. The van der Waals surface area contributed by atoms with Crippen molar-refractivity contribution in [1.29, 1.82) is 0 Å². The Morgan fingerprint density at radius 2 is 1.89 bits per heavy atom. The van der Waals surface area contributed by atoms with E-state index >= 15 is 0 Å². The second kappa shape index (κ2) is 8.53. The molecule has 0 spiro atoms. The average molecular weight is 474 g/mol. The summed E-state index contributed by atoms with van der Waals surface area (Å²) < 4.78 is 12.7. The molecule has 1 fully saturated rings. The number of hydrogen-bond acceptors (Lipinski definition) is 6. The van der Waals surface area contributed by atoms with Crippen LogP contribution in [0.1, 0.15) is 47.2 Å². The van der Waals surface area contributed by atoms with Crippen molar-refractivity contribution >= 4 is 28.3 Å². The van der Waals surface area contributed by atoms with Gasteiger partial charge < -0.3 is 20.1 Å². The summed E-state index contributed by atoms with van der Waals surface area (Å²) in [6, 6.07) is 11.5. The highest BCUT2D eigenvalue weighted by Crippen LogP contribution is 2.36. The fourth-order valence-electron chi connectivity index (χ4n) is 4.52. The van der Waals surface area contributed by atoms with Gasteiger partial charge in [0.05, 0.1) is 36.5 Å². The molecule has 2 aliphatic rings. The van der Waals surface area contributed by atoms with E-state index < -0.39 is 0 Å². The molecule has 4 aromatic rings. The van der Waals surface area contributed by atoms with Crippen LogP contribution in [0.4, 0.5) is 5.82 Å². The monoisotopic (exact) mass is 473 g/mol. The molecule has 1 saturated heterocycles. The molecule has 4 heterocycles. The first-order valence-corrected chi connectivity index (χ1v) is 11.8. The Balaban J connectivity index is 0.000000371. The smallest absolute Gasteiger partial charge is 0.254 e. The van der Waals surface area contributed by atoms with Gasteiger partial charge in [-0.15, -0.1) is 0 Å². The van der Waals surface area contributed by atoms with Gasteiger partial charge >= 0.3 is 0 Å². The molecule has 6 rings (SSSR count). The van der Waals surface area contributed by atoms with Crippen LogP contribution in [-0.2, 0) is 4.74 Å². The molecule has 1 atom stereocenters. The number of fused-ring (bicyclic) bond motifs is 4. The average Bonchev–Trinajstić information content (AvgIpc) is 3.41. The number of ether oxygens (including phenoxy) is 2. The minimum atomic E-state index is -0.117. The lowest BCUT2D eigenvalue weighted by molar-refractivity contribution is -0.0892. The van der Waals surface area contributed by atoms with Crippen molar-refractivity contribution in [2.75, 3.05) is 32.6 Å². The van der Waals surface area contributed by atoms with Crippen LogP contribution < -0.4 is 10.5 Å². The first kappa shape index (κ1) is 23.1. The molecule has 2 aromatic heterocycles. The fourth-order valence-corrected chi connectivity index (χ4v) is 4.52. The minimum absolute atomic E-state index is 0.0725. The maximum atomic E-state index is 13.3. The number of nitrogens with zero attached hydrogens (tertiary/aromatic N) is 4. The van der Waals surface area contributed by atoms with Crippen LogP contribution in [0.2, 0.25) is 0 Å². The molecule has 8 nitrogen and oxygen atoms in total. The number of aryl methyl sites for hydroxylation is 2. The first-order valence-electron chi connectivity index (χ1n) is 11.8. The van der Waals surface area contributed by atoms with Gasteiger partial charge in [-0.05, 0) is 43.7 Å². The van der Waals surface area contributed by atoms with E-state index in [-0.39, 0.29) is 11.9 Å². The summed E-state index contributed by atoms with van der Waals surface area (Å²) in [4.78, 5) is 23.8. The summed E-state index contributed by atoms with van der Waals surface area (Å²) in [7, 11) is 1.81. The van der Waals surface area contributed by atoms with Gasteiger partial charge in [-0.1, -0.05) is 26.0 Å². The second-order valence-corrected chi connectivity index (χ2v) is 10.2. The van der Waals surface area contributed by atoms with Gasteiger partial charge in [0.2, 0.25) is 0 Å². The van der Waals surface area contributed by atoms with Crippen LogP contribution in [-0.4, -0.2) is 52.0 Å². The Hall–Kier alpha value is -3.65. The van der Waals surface area contributed by atoms with Gasteiger partial charge in [-0.3, -0.25) is 9.20 Å². The van der Waals surface area contributed by atoms with Gasteiger partial charge in [0.1, 0.15) is 29.5 Å². The lowest BCUT2D eigenvalue weighted by Gasteiger charge is -2.33. The lowest BCUT2D eigenvalue weighted by Crippen LogP contribution is -2.36.